The number of halogens is 1. The lowest BCUT2D eigenvalue weighted by molar-refractivity contribution is 0.248. The van der Waals surface area contributed by atoms with Crippen molar-refractivity contribution in [1.82, 2.24) is 0 Å². The number of benzene rings is 1. The van der Waals surface area contributed by atoms with E-state index in [1.807, 2.05) is 0 Å². The Labute approximate surface area is 77.0 Å². The number of aliphatic hydroxyl groups excluding tert-OH is 1. The van der Waals surface area contributed by atoms with Gasteiger partial charge < -0.3 is 9.84 Å². The van der Waals surface area contributed by atoms with Crippen LogP contribution in [-0.2, 0) is 0 Å². The fourth-order valence-electron chi connectivity index (χ4n) is 0.958. The molecule has 72 valence electrons. The molecule has 2 nitrogen and oxygen atoms in total. The number of rotatable bonds is 5. The molecule has 0 aromatic heterocycles. The molecule has 3 heteroatoms. The highest BCUT2D eigenvalue weighted by Gasteiger charge is 1.99. The molecule has 0 fully saturated rings. The molecular weight excluding hydrogens is 171 g/mol. The molecule has 13 heavy (non-hydrogen) atoms. The van der Waals surface area contributed by atoms with E-state index in [0.29, 0.717) is 13.0 Å². The Balaban J connectivity index is 2.32. The van der Waals surface area contributed by atoms with Gasteiger partial charge in [0.25, 0.3) is 0 Å². The van der Waals surface area contributed by atoms with Gasteiger partial charge in [0.05, 0.1) is 6.61 Å². The molecule has 0 saturated carbocycles. The second kappa shape index (κ2) is 5.54. The van der Waals surface area contributed by atoms with Crippen LogP contribution >= 0.6 is 0 Å². The smallest absolute Gasteiger partial charge is 0.165 e. The van der Waals surface area contributed by atoms with Gasteiger partial charge in [-0.1, -0.05) is 12.1 Å². The molecule has 0 radical (unpaired) electrons. The van der Waals surface area contributed by atoms with E-state index in [-0.39, 0.29) is 18.2 Å². The highest BCUT2D eigenvalue weighted by Crippen LogP contribution is 2.15. The van der Waals surface area contributed by atoms with Crippen LogP contribution in [0.1, 0.15) is 12.8 Å². The zero-order chi connectivity index (χ0) is 9.52. The molecule has 0 saturated heterocycles. The van der Waals surface area contributed by atoms with Crippen LogP contribution in [0, 0.1) is 5.82 Å². The van der Waals surface area contributed by atoms with Gasteiger partial charge >= 0.3 is 0 Å². The largest absolute Gasteiger partial charge is 0.491 e. The molecule has 1 N–H and O–H groups in total. The molecule has 0 spiro atoms. The van der Waals surface area contributed by atoms with Crippen LogP contribution in [0.5, 0.6) is 5.75 Å². The second-order valence-electron chi connectivity index (χ2n) is 2.71. The topological polar surface area (TPSA) is 29.5 Å². The molecule has 1 aromatic carbocycles. The van der Waals surface area contributed by atoms with Crippen LogP contribution in [-0.4, -0.2) is 18.3 Å². The summed E-state index contributed by atoms with van der Waals surface area (Å²) in [6.45, 7) is 0.599. The molecular formula is C10H13FO2. The van der Waals surface area contributed by atoms with Gasteiger partial charge in [0.2, 0.25) is 0 Å². The minimum Gasteiger partial charge on any atom is -0.491 e. The van der Waals surface area contributed by atoms with Crippen molar-refractivity contribution >= 4 is 0 Å². The summed E-state index contributed by atoms with van der Waals surface area (Å²) in [6, 6.07) is 6.30. The van der Waals surface area contributed by atoms with Gasteiger partial charge in [0.1, 0.15) is 0 Å². The Bertz CT molecular complexity index is 250. The van der Waals surface area contributed by atoms with Crippen LogP contribution in [0.25, 0.3) is 0 Å². The van der Waals surface area contributed by atoms with Gasteiger partial charge in [-0.2, -0.15) is 0 Å². The Morgan fingerprint density at radius 3 is 2.69 bits per heavy atom. The van der Waals surface area contributed by atoms with E-state index >= 15 is 0 Å². The minimum absolute atomic E-state index is 0.153. The average molecular weight is 184 g/mol. The van der Waals surface area contributed by atoms with Crippen molar-refractivity contribution in [2.75, 3.05) is 13.2 Å². The average Bonchev–Trinajstić information content (AvgIpc) is 2.15. The highest BCUT2D eigenvalue weighted by atomic mass is 19.1. The third kappa shape index (κ3) is 3.42. The number of hydrogen-bond donors (Lipinski definition) is 1. The molecule has 0 heterocycles. The van der Waals surface area contributed by atoms with E-state index in [0.717, 1.165) is 6.42 Å². The summed E-state index contributed by atoms with van der Waals surface area (Å²) in [6.07, 6.45) is 1.43. The Morgan fingerprint density at radius 1 is 1.23 bits per heavy atom. The number of hydrogen-bond acceptors (Lipinski definition) is 2. The summed E-state index contributed by atoms with van der Waals surface area (Å²) in [5.74, 6) is -0.0630. The lowest BCUT2D eigenvalue weighted by Gasteiger charge is -2.05. The summed E-state index contributed by atoms with van der Waals surface area (Å²) in [5, 5.41) is 8.49. The third-order valence-corrected chi connectivity index (χ3v) is 1.65. The summed E-state index contributed by atoms with van der Waals surface area (Å²) >= 11 is 0. The first-order valence-corrected chi connectivity index (χ1v) is 4.33. The summed E-state index contributed by atoms with van der Waals surface area (Å²) in [5.41, 5.74) is 0. The van der Waals surface area contributed by atoms with Gasteiger partial charge in [-0.3, -0.25) is 0 Å². The van der Waals surface area contributed by atoms with Gasteiger partial charge in [0.15, 0.2) is 11.6 Å². The van der Waals surface area contributed by atoms with E-state index in [2.05, 4.69) is 0 Å². The second-order valence-corrected chi connectivity index (χ2v) is 2.71. The minimum atomic E-state index is -0.341. The molecule has 0 unspecified atom stereocenters. The van der Waals surface area contributed by atoms with Crippen molar-refractivity contribution in [1.29, 1.82) is 0 Å². The molecule has 1 aromatic rings. The number of ether oxygens (including phenoxy) is 1. The van der Waals surface area contributed by atoms with Crippen molar-refractivity contribution in [3.05, 3.63) is 30.1 Å². The maximum Gasteiger partial charge on any atom is 0.165 e. The van der Waals surface area contributed by atoms with Gasteiger partial charge in [-0.15, -0.1) is 0 Å². The first-order valence-electron chi connectivity index (χ1n) is 4.33. The normalized spacial score (nSPS) is 10.0. The number of para-hydroxylation sites is 1. The zero-order valence-corrected chi connectivity index (χ0v) is 7.37. The molecule has 0 bridgehead atoms. The van der Waals surface area contributed by atoms with Crippen molar-refractivity contribution in [2.45, 2.75) is 12.8 Å². The lowest BCUT2D eigenvalue weighted by Crippen LogP contribution is -1.99. The first kappa shape index (κ1) is 9.99. The molecule has 0 aliphatic heterocycles. The van der Waals surface area contributed by atoms with Gasteiger partial charge in [0, 0.05) is 6.61 Å². The fourth-order valence-corrected chi connectivity index (χ4v) is 0.958. The van der Waals surface area contributed by atoms with E-state index in [9.17, 15) is 4.39 Å². The van der Waals surface area contributed by atoms with Crippen LogP contribution in [0.3, 0.4) is 0 Å². The van der Waals surface area contributed by atoms with Crippen LogP contribution in [0.4, 0.5) is 4.39 Å². The summed E-state index contributed by atoms with van der Waals surface area (Å²) < 4.78 is 18.1. The third-order valence-electron chi connectivity index (χ3n) is 1.65. The molecule has 0 aliphatic carbocycles. The van der Waals surface area contributed by atoms with E-state index < -0.39 is 0 Å². The Morgan fingerprint density at radius 2 is 2.00 bits per heavy atom. The van der Waals surface area contributed by atoms with Crippen LogP contribution in [0.15, 0.2) is 24.3 Å². The highest BCUT2D eigenvalue weighted by molar-refractivity contribution is 5.23. The summed E-state index contributed by atoms with van der Waals surface area (Å²) in [7, 11) is 0. The number of unbranched alkanes of at least 4 members (excludes halogenated alkanes) is 1. The quantitative estimate of drug-likeness (QED) is 0.709. The predicted molar refractivity (Wildman–Crippen MR) is 48.2 cm³/mol. The van der Waals surface area contributed by atoms with Crippen molar-refractivity contribution in [3.63, 3.8) is 0 Å². The standard InChI is InChI=1S/C10H13FO2/c11-9-5-1-2-6-10(9)13-8-4-3-7-12/h1-2,5-6,12H,3-4,7-8H2. The Hall–Kier alpha value is -1.09. The van der Waals surface area contributed by atoms with Crippen molar-refractivity contribution < 1.29 is 14.2 Å². The molecule has 0 atom stereocenters. The maximum absolute atomic E-state index is 12.9. The van der Waals surface area contributed by atoms with E-state index in [1.165, 1.54) is 6.07 Å². The lowest BCUT2D eigenvalue weighted by atomic mass is 10.3. The predicted octanol–water partition coefficient (Wildman–Crippen LogP) is 1.98. The maximum atomic E-state index is 12.9. The van der Waals surface area contributed by atoms with Crippen LogP contribution < -0.4 is 4.74 Å². The first-order chi connectivity index (χ1) is 6.34. The molecule has 1 rings (SSSR count). The van der Waals surface area contributed by atoms with E-state index in [1.54, 1.807) is 18.2 Å². The number of aliphatic hydroxyl groups is 1. The zero-order valence-electron chi connectivity index (χ0n) is 7.37. The van der Waals surface area contributed by atoms with Gasteiger partial charge in [-0.25, -0.2) is 4.39 Å². The monoisotopic (exact) mass is 184 g/mol. The van der Waals surface area contributed by atoms with Gasteiger partial charge in [-0.05, 0) is 25.0 Å². The van der Waals surface area contributed by atoms with Crippen LogP contribution in [0.2, 0.25) is 0 Å². The van der Waals surface area contributed by atoms with E-state index in [4.69, 9.17) is 9.84 Å². The van der Waals surface area contributed by atoms with Crippen molar-refractivity contribution in [2.24, 2.45) is 0 Å². The Kier molecular flexibility index (Phi) is 4.26. The summed E-state index contributed by atoms with van der Waals surface area (Å²) in [4.78, 5) is 0. The van der Waals surface area contributed by atoms with Crippen molar-refractivity contribution in [3.8, 4) is 5.75 Å². The fraction of sp³-hybridized carbons (Fsp3) is 0.400. The molecule has 0 amide bonds. The molecule has 0 aliphatic rings. The SMILES string of the molecule is OCCCCOc1ccccc1F.